The number of carboxylic acids is 2. The van der Waals surface area contributed by atoms with Crippen molar-refractivity contribution in [2.45, 2.75) is 39.8 Å². The van der Waals surface area contributed by atoms with Gasteiger partial charge in [0.15, 0.2) is 0 Å². The van der Waals surface area contributed by atoms with Crippen LogP contribution in [0.5, 0.6) is 0 Å². The van der Waals surface area contributed by atoms with E-state index in [2.05, 4.69) is 28.4 Å². The first kappa shape index (κ1) is 27.5. The minimum atomic E-state index is -1.26. The zero-order chi connectivity index (χ0) is 27.3. The fraction of sp³-hybridized carbons (Fsp3) is 0.385. The number of benzene rings is 1. The number of nitrogens with zero attached hydrogens (tertiary/aromatic N) is 4. The number of ether oxygens (including phenoxy) is 1. The van der Waals surface area contributed by atoms with Crippen LogP contribution in [-0.2, 0) is 20.9 Å². The number of aromatic nitrogens is 2. The van der Waals surface area contributed by atoms with Gasteiger partial charge in [-0.15, -0.1) is 0 Å². The second kappa shape index (κ2) is 11.3. The fourth-order valence-corrected chi connectivity index (χ4v) is 4.05. The maximum atomic E-state index is 12.4. The van der Waals surface area contributed by atoms with Crippen molar-refractivity contribution in [1.29, 1.82) is 0 Å². The van der Waals surface area contributed by atoms with Crippen LogP contribution in [0.1, 0.15) is 31.9 Å². The summed E-state index contributed by atoms with van der Waals surface area (Å²) in [6.07, 6.45) is 0.870. The number of imidazole rings is 1. The van der Waals surface area contributed by atoms with Gasteiger partial charge in [0, 0.05) is 50.4 Å². The molecule has 0 aliphatic carbocycles. The monoisotopic (exact) mass is 511 g/mol. The number of nitrogens with two attached hydrogens (primary N) is 1. The van der Waals surface area contributed by atoms with Crippen LogP contribution in [0.25, 0.3) is 16.7 Å². The summed E-state index contributed by atoms with van der Waals surface area (Å²) in [5.74, 6) is -1.42. The number of rotatable bonds is 4. The molecule has 2 aromatic heterocycles. The summed E-state index contributed by atoms with van der Waals surface area (Å²) >= 11 is 0. The van der Waals surface area contributed by atoms with E-state index in [1.54, 1.807) is 4.90 Å². The number of fused-ring (bicyclic) bond motifs is 3. The molecule has 1 aliphatic heterocycles. The molecule has 1 aromatic carbocycles. The molecule has 1 fully saturated rings. The maximum absolute atomic E-state index is 12.4. The Morgan fingerprint density at radius 1 is 1.05 bits per heavy atom. The topological polar surface area (TPSA) is 151 Å². The predicted molar refractivity (Wildman–Crippen MR) is 140 cm³/mol. The minimum absolute atomic E-state index is 0.245. The summed E-state index contributed by atoms with van der Waals surface area (Å²) in [6, 6.07) is 10.3. The molecule has 0 spiro atoms. The summed E-state index contributed by atoms with van der Waals surface area (Å²) < 4.78 is 7.72. The Kier molecular flexibility index (Phi) is 8.38. The van der Waals surface area contributed by atoms with E-state index in [-0.39, 0.29) is 6.09 Å². The van der Waals surface area contributed by atoms with Crippen LogP contribution in [0.15, 0.2) is 42.5 Å². The lowest BCUT2D eigenvalue weighted by molar-refractivity contribution is -0.134. The first-order chi connectivity index (χ1) is 17.4. The fourth-order valence-electron chi connectivity index (χ4n) is 4.05. The van der Waals surface area contributed by atoms with E-state index in [4.69, 9.17) is 25.7 Å². The summed E-state index contributed by atoms with van der Waals surface area (Å²) in [7, 11) is 0. The van der Waals surface area contributed by atoms with E-state index in [0.29, 0.717) is 31.8 Å². The molecular formula is C26H33N5O6. The molecule has 1 aliphatic rings. The Hall–Kier alpha value is -4.12. The normalized spacial score (nSPS) is 14.1. The Labute approximate surface area is 214 Å². The Morgan fingerprint density at radius 3 is 2.19 bits per heavy atom. The van der Waals surface area contributed by atoms with Crippen molar-refractivity contribution in [2.75, 3.05) is 31.1 Å². The van der Waals surface area contributed by atoms with Crippen LogP contribution in [0, 0.1) is 6.92 Å². The number of carbonyl (C=O) groups excluding carboxylic acids is 1. The molecule has 3 aromatic rings. The Balaban J connectivity index is 0.000000414. The molecule has 0 bridgehead atoms. The van der Waals surface area contributed by atoms with Crippen LogP contribution in [-0.4, -0.2) is 74.3 Å². The second-order valence-electron chi connectivity index (χ2n) is 9.59. The first-order valence-corrected chi connectivity index (χ1v) is 11.9. The number of hydrogen-bond acceptors (Lipinski definition) is 7. The molecule has 0 radical (unpaired) electrons. The number of pyridine rings is 1. The SMILES string of the molecule is Cc1cc(N2CCN(C(=O)OC(C)(C)C)CC2)n2c(nc3ccccc32)c1CN.O=C(O)/C=C\C(=O)O. The highest BCUT2D eigenvalue weighted by Crippen LogP contribution is 2.29. The van der Waals surface area contributed by atoms with Gasteiger partial charge in [0.2, 0.25) is 0 Å². The number of carboxylic acid groups (broad SMARTS) is 2. The summed E-state index contributed by atoms with van der Waals surface area (Å²) in [4.78, 5) is 40.5. The summed E-state index contributed by atoms with van der Waals surface area (Å²) in [5.41, 5.74) is 10.7. The van der Waals surface area contributed by atoms with Crippen LogP contribution < -0.4 is 10.6 Å². The van der Waals surface area contributed by atoms with Gasteiger partial charge in [-0.1, -0.05) is 12.1 Å². The molecule has 1 amide bonds. The van der Waals surface area contributed by atoms with Crippen LogP contribution in [0.4, 0.5) is 10.6 Å². The molecule has 0 unspecified atom stereocenters. The van der Waals surface area contributed by atoms with E-state index in [1.807, 2.05) is 39.0 Å². The number of hydrogen-bond donors (Lipinski definition) is 3. The van der Waals surface area contributed by atoms with Crippen molar-refractivity contribution in [2.24, 2.45) is 5.73 Å². The standard InChI is InChI=1S/C22H29N5O2.C4H4O4/c1-15-13-19(25-9-11-26(12-10-25)21(28)29-22(2,3)4)27-18-8-6-5-7-17(18)24-20(27)16(15)14-23;5-3(6)1-2-4(7)8/h5-8,13H,9-12,14,23H2,1-4H3;1-2H,(H,5,6)(H,7,8)/b;2-1-. The van der Waals surface area contributed by atoms with Gasteiger partial charge in [0.25, 0.3) is 0 Å². The van der Waals surface area contributed by atoms with Gasteiger partial charge in [0.05, 0.1) is 11.0 Å². The average molecular weight is 512 g/mol. The summed E-state index contributed by atoms with van der Waals surface area (Å²) in [6.45, 7) is 10.9. The molecule has 11 heteroatoms. The highest BCUT2D eigenvalue weighted by molar-refractivity contribution is 5.89. The zero-order valence-electron chi connectivity index (χ0n) is 21.5. The van der Waals surface area contributed by atoms with Gasteiger partial charge in [-0.25, -0.2) is 19.4 Å². The number of piperazine rings is 1. The number of carbonyl (C=O) groups is 3. The van der Waals surface area contributed by atoms with Crippen molar-refractivity contribution in [3.63, 3.8) is 0 Å². The molecule has 0 saturated carbocycles. The second-order valence-corrected chi connectivity index (χ2v) is 9.59. The average Bonchev–Trinajstić information content (AvgIpc) is 3.21. The van der Waals surface area contributed by atoms with Crippen molar-refractivity contribution in [3.05, 3.63) is 53.6 Å². The van der Waals surface area contributed by atoms with Crippen molar-refractivity contribution >= 4 is 40.5 Å². The van der Waals surface area contributed by atoms with Gasteiger partial charge < -0.3 is 30.5 Å². The third-order valence-corrected chi connectivity index (χ3v) is 5.71. The molecule has 4 N–H and O–H groups in total. The molecular weight excluding hydrogens is 478 g/mol. The molecule has 0 atom stereocenters. The van der Waals surface area contributed by atoms with Crippen molar-refractivity contribution < 1.29 is 29.3 Å². The minimum Gasteiger partial charge on any atom is -0.478 e. The van der Waals surface area contributed by atoms with Crippen molar-refractivity contribution in [3.8, 4) is 0 Å². The maximum Gasteiger partial charge on any atom is 0.410 e. The van der Waals surface area contributed by atoms with Crippen molar-refractivity contribution in [1.82, 2.24) is 14.3 Å². The lowest BCUT2D eigenvalue weighted by atomic mass is 10.1. The van der Waals surface area contributed by atoms with Crippen LogP contribution >= 0.6 is 0 Å². The highest BCUT2D eigenvalue weighted by Gasteiger charge is 2.27. The molecule has 4 rings (SSSR count). The number of amides is 1. The number of aryl methyl sites for hydroxylation is 1. The van der Waals surface area contributed by atoms with E-state index in [0.717, 1.165) is 46.7 Å². The first-order valence-electron chi connectivity index (χ1n) is 11.9. The van der Waals surface area contributed by atoms with Gasteiger partial charge in [-0.3, -0.25) is 4.40 Å². The predicted octanol–water partition coefficient (Wildman–Crippen LogP) is 3.02. The van der Waals surface area contributed by atoms with E-state index >= 15 is 0 Å². The number of para-hydroxylation sites is 2. The van der Waals surface area contributed by atoms with E-state index < -0.39 is 17.5 Å². The molecule has 37 heavy (non-hydrogen) atoms. The smallest absolute Gasteiger partial charge is 0.410 e. The molecule has 11 nitrogen and oxygen atoms in total. The lowest BCUT2D eigenvalue weighted by Crippen LogP contribution is -2.50. The van der Waals surface area contributed by atoms with Gasteiger partial charge in [-0.05, 0) is 51.5 Å². The third kappa shape index (κ3) is 6.76. The van der Waals surface area contributed by atoms with Gasteiger partial charge in [0.1, 0.15) is 17.1 Å². The van der Waals surface area contributed by atoms with Crippen LogP contribution in [0.2, 0.25) is 0 Å². The molecule has 1 saturated heterocycles. The van der Waals surface area contributed by atoms with E-state index in [9.17, 15) is 14.4 Å². The van der Waals surface area contributed by atoms with Gasteiger partial charge in [-0.2, -0.15) is 0 Å². The summed E-state index contributed by atoms with van der Waals surface area (Å²) in [5, 5.41) is 15.6. The largest absolute Gasteiger partial charge is 0.478 e. The Bertz CT molecular complexity index is 1320. The molecule has 198 valence electrons. The van der Waals surface area contributed by atoms with E-state index in [1.165, 1.54) is 0 Å². The van der Waals surface area contributed by atoms with Crippen LogP contribution in [0.3, 0.4) is 0 Å². The third-order valence-electron chi connectivity index (χ3n) is 5.71. The Morgan fingerprint density at radius 2 is 1.65 bits per heavy atom. The lowest BCUT2D eigenvalue weighted by Gasteiger charge is -2.37. The quantitative estimate of drug-likeness (QED) is 0.449. The zero-order valence-corrected chi connectivity index (χ0v) is 21.5. The highest BCUT2D eigenvalue weighted by atomic mass is 16.6. The van der Waals surface area contributed by atoms with Gasteiger partial charge >= 0.3 is 18.0 Å². The molecule has 3 heterocycles. The number of anilines is 1. The number of aliphatic carboxylic acids is 2.